The Morgan fingerprint density at radius 2 is 1.86 bits per heavy atom. The minimum absolute atomic E-state index is 0.00900. The average molecular weight is 335 g/mol. The number of pyridine rings is 1. The van der Waals surface area contributed by atoms with Crippen LogP contribution in [0.1, 0.15) is 20.3 Å². The third kappa shape index (κ3) is 5.60. The quantitative estimate of drug-likeness (QED) is 0.685. The Hall–Kier alpha value is -1.19. The number of hydrogen-bond donors (Lipinski definition) is 2. The number of aromatic nitrogens is 1. The number of sulfone groups is 1. The van der Waals surface area contributed by atoms with Crippen LogP contribution >= 0.6 is 0 Å². The second-order valence-electron chi connectivity index (χ2n) is 4.43. The highest BCUT2D eigenvalue weighted by molar-refractivity contribution is 7.91. The molecule has 0 aliphatic carbocycles. The van der Waals surface area contributed by atoms with E-state index in [0.29, 0.717) is 12.2 Å². The van der Waals surface area contributed by atoms with E-state index in [1.54, 1.807) is 6.07 Å². The van der Waals surface area contributed by atoms with Gasteiger partial charge in [-0.3, -0.25) is 4.98 Å². The lowest BCUT2D eigenvalue weighted by Gasteiger charge is -2.12. The molecule has 120 valence electrons. The first-order valence-corrected chi connectivity index (χ1v) is 10.0. The van der Waals surface area contributed by atoms with Gasteiger partial charge in [0.25, 0.3) is 0 Å². The van der Waals surface area contributed by atoms with E-state index in [-0.39, 0.29) is 22.9 Å². The minimum atomic E-state index is -3.79. The van der Waals surface area contributed by atoms with Crippen molar-refractivity contribution in [1.29, 1.82) is 0 Å². The highest BCUT2D eigenvalue weighted by Crippen LogP contribution is 2.19. The lowest BCUT2D eigenvalue weighted by atomic mass is 10.4. The summed E-state index contributed by atoms with van der Waals surface area (Å²) in [5, 5.41) is 3.01. The molecule has 1 aromatic rings. The van der Waals surface area contributed by atoms with Crippen LogP contribution in [0, 0.1) is 0 Å². The Kier molecular flexibility index (Phi) is 6.56. The van der Waals surface area contributed by atoms with Crippen molar-refractivity contribution in [2.24, 2.45) is 0 Å². The summed E-state index contributed by atoms with van der Waals surface area (Å²) in [6.07, 6.45) is 3.59. The van der Waals surface area contributed by atoms with Crippen LogP contribution in [0.3, 0.4) is 0 Å². The monoisotopic (exact) mass is 335 g/mol. The van der Waals surface area contributed by atoms with Gasteiger partial charge in [0.05, 0.1) is 11.4 Å². The predicted octanol–water partition coefficient (Wildman–Crippen LogP) is 0.616. The van der Waals surface area contributed by atoms with E-state index < -0.39 is 19.9 Å². The maximum absolute atomic E-state index is 12.2. The fourth-order valence-corrected chi connectivity index (χ4v) is 3.54. The Morgan fingerprint density at radius 3 is 2.48 bits per heavy atom. The smallest absolute Gasteiger partial charge is 0.244 e. The second kappa shape index (κ2) is 7.71. The fourth-order valence-electron chi connectivity index (χ4n) is 1.55. The van der Waals surface area contributed by atoms with Gasteiger partial charge >= 0.3 is 0 Å². The topological polar surface area (TPSA) is 105 Å². The third-order valence-corrected chi connectivity index (χ3v) is 5.98. The molecule has 0 aromatic carbocycles. The first-order chi connectivity index (χ1) is 9.82. The number of nitrogens with one attached hydrogen (secondary N) is 2. The third-order valence-electron chi connectivity index (χ3n) is 2.78. The maximum atomic E-state index is 12.2. The van der Waals surface area contributed by atoms with Gasteiger partial charge < -0.3 is 5.32 Å². The van der Waals surface area contributed by atoms with Gasteiger partial charge in [0.15, 0.2) is 9.84 Å². The highest BCUT2D eigenvalue weighted by Gasteiger charge is 2.19. The molecule has 9 heteroatoms. The summed E-state index contributed by atoms with van der Waals surface area (Å²) >= 11 is 0. The van der Waals surface area contributed by atoms with Gasteiger partial charge in [0, 0.05) is 31.2 Å². The number of hydrogen-bond acceptors (Lipinski definition) is 6. The summed E-state index contributed by atoms with van der Waals surface area (Å²) < 4.78 is 49.4. The molecule has 0 radical (unpaired) electrons. The minimum Gasteiger partial charge on any atom is -0.384 e. The normalized spacial score (nSPS) is 12.3. The van der Waals surface area contributed by atoms with Gasteiger partial charge in [-0.1, -0.05) is 13.8 Å². The van der Waals surface area contributed by atoms with E-state index in [4.69, 9.17) is 0 Å². The predicted molar refractivity (Wildman–Crippen MR) is 82.5 cm³/mol. The van der Waals surface area contributed by atoms with Crippen LogP contribution in [0.25, 0.3) is 0 Å². The molecule has 0 saturated carbocycles. The van der Waals surface area contributed by atoms with Crippen molar-refractivity contribution >= 4 is 25.5 Å². The maximum Gasteiger partial charge on any atom is 0.244 e. The highest BCUT2D eigenvalue weighted by atomic mass is 32.2. The van der Waals surface area contributed by atoms with E-state index >= 15 is 0 Å². The summed E-state index contributed by atoms with van der Waals surface area (Å²) in [4.78, 5) is 3.84. The molecule has 0 aliphatic rings. The van der Waals surface area contributed by atoms with Crippen LogP contribution < -0.4 is 10.0 Å². The van der Waals surface area contributed by atoms with Crippen molar-refractivity contribution in [1.82, 2.24) is 9.71 Å². The van der Waals surface area contributed by atoms with E-state index in [0.717, 1.165) is 6.42 Å². The van der Waals surface area contributed by atoms with Crippen LogP contribution in [-0.4, -0.2) is 46.4 Å². The molecule has 0 atom stereocenters. The molecular formula is C12H21N3O4S2. The SMILES string of the molecule is CCCNc1ccncc1S(=O)(=O)NCCS(=O)(=O)CC. The van der Waals surface area contributed by atoms with Crippen molar-refractivity contribution in [3.05, 3.63) is 18.5 Å². The van der Waals surface area contributed by atoms with Gasteiger partial charge in [0.2, 0.25) is 10.0 Å². The number of nitrogens with zero attached hydrogens (tertiary/aromatic N) is 1. The molecule has 0 saturated heterocycles. The standard InChI is InChI=1S/C12H21N3O4S2/c1-3-6-14-11-5-7-13-10-12(11)21(18,19)15-8-9-20(16,17)4-2/h5,7,10,15H,3-4,6,8-9H2,1-2H3,(H,13,14). The van der Waals surface area contributed by atoms with Crippen LogP contribution in [0.15, 0.2) is 23.4 Å². The molecule has 0 unspecified atom stereocenters. The molecule has 0 fully saturated rings. The van der Waals surface area contributed by atoms with Crippen molar-refractivity contribution in [3.63, 3.8) is 0 Å². The molecule has 0 bridgehead atoms. The molecule has 0 amide bonds. The summed E-state index contributed by atoms with van der Waals surface area (Å²) in [5.74, 6) is -0.231. The van der Waals surface area contributed by atoms with Crippen LogP contribution in [0.4, 0.5) is 5.69 Å². The van der Waals surface area contributed by atoms with E-state index in [2.05, 4.69) is 15.0 Å². The molecular weight excluding hydrogens is 314 g/mol. The van der Waals surface area contributed by atoms with Crippen molar-refractivity contribution in [3.8, 4) is 0 Å². The van der Waals surface area contributed by atoms with Gasteiger partial charge in [0.1, 0.15) is 4.90 Å². The van der Waals surface area contributed by atoms with Gasteiger partial charge in [-0.2, -0.15) is 0 Å². The van der Waals surface area contributed by atoms with Crippen LogP contribution in [0.2, 0.25) is 0 Å². The van der Waals surface area contributed by atoms with E-state index in [9.17, 15) is 16.8 Å². The van der Waals surface area contributed by atoms with Crippen molar-refractivity contribution in [2.75, 3.05) is 29.9 Å². The van der Waals surface area contributed by atoms with Gasteiger partial charge in [-0.05, 0) is 12.5 Å². The van der Waals surface area contributed by atoms with Crippen molar-refractivity contribution in [2.45, 2.75) is 25.2 Å². The average Bonchev–Trinajstić information content (AvgIpc) is 2.45. The second-order valence-corrected chi connectivity index (χ2v) is 8.64. The van der Waals surface area contributed by atoms with E-state index in [1.165, 1.54) is 19.3 Å². The first-order valence-electron chi connectivity index (χ1n) is 6.70. The summed E-state index contributed by atoms with van der Waals surface area (Å²) in [5.41, 5.74) is 0.456. The lowest BCUT2D eigenvalue weighted by molar-refractivity contribution is 0.581. The number of rotatable bonds is 9. The van der Waals surface area contributed by atoms with E-state index in [1.807, 2.05) is 6.92 Å². The summed E-state index contributed by atoms with van der Waals surface area (Å²) in [6, 6.07) is 1.58. The Balaban J connectivity index is 2.83. The molecule has 1 aromatic heterocycles. The molecule has 0 aliphatic heterocycles. The molecule has 2 N–H and O–H groups in total. The Labute approximate surface area is 126 Å². The molecule has 1 rings (SSSR count). The molecule has 21 heavy (non-hydrogen) atoms. The largest absolute Gasteiger partial charge is 0.384 e. The Bertz CT molecular complexity index is 657. The molecule has 0 spiro atoms. The van der Waals surface area contributed by atoms with Crippen LogP contribution in [-0.2, 0) is 19.9 Å². The zero-order valence-corrected chi connectivity index (χ0v) is 13.8. The summed E-state index contributed by atoms with van der Waals surface area (Å²) in [7, 11) is -7.00. The Morgan fingerprint density at radius 1 is 1.14 bits per heavy atom. The van der Waals surface area contributed by atoms with Gasteiger partial charge in [-0.15, -0.1) is 0 Å². The van der Waals surface area contributed by atoms with Crippen LogP contribution in [0.5, 0.6) is 0 Å². The first kappa shape index (κ1) is 17.9. The summed E-state index contributed by atoms with van der Waals surface area (Å²) in [6.45, 7) is 3.98. The molecule has 7 nitrogen and oxygen atoms in total. The zero-order valence-electron chi connectivity index (χ0n) is 12.2. The molecule has 1 heterocycles. The number of anilines is 1. The zero-order chi connectivity index (χ0) is 15.9. The number of sulfonamides is 1. The van der Waals surface area contributed by atoms with Gasteiger partial charge in [-0.25, -0.2) is 21.6 Å². The lowest BCUT2D eigenvalue weighted by Crippen LogP contribution is -2.30. The fraction of sp³-hybridized carbons (Fsp3) is 0.583. The van der Waals surface area contributed by atoms with Crippen molar-refractivity contribution < 1.29 is 16.8 Å².